The molecule has 34 heavy (non-hydrogen) atoms. The molecule has 0 bridgehead atoms. The number of ether oxygens (including phenoxy) is 1. The van der Waals surface area contributed by atoms with Gasteiger partial charge in [-0.05, 0) is 43.0 Å². The minimum atomic E-state index is -0.986. The number of carbonyl (C=O) groups excluding carboxylic acids is 2. The number of rotatable bonds is 9. The van der Waals surface area contributed by atoms with Crippen molar-refractivity contribution < 1.29 is 29.3 Å². The largest absolute Gasteiger partial charge is 0.480 e. The van der Waals surface area contributed by atoms with Crippen molar-refractivity contribution in [3.05, 3.63) is 35.4 Å². The lowest BCUT2D eigenvalue weighted by atomic mass is 9.85. The zero-order chi connectivity index (χ0) is 26.6. The van der Waals surface area contributed by atoms with Crippen LogP contribution in [0.3, 0.4) is 0 Å². The van der Waals surface area contributed by atoms with Gasteiger partial charge >= 0.3 is 5.97 Å². The van der Waals surface area contributed by atoms with Gasteiger partial charge in [-0.2, -0.15) is 0 Å². The molecule has 0 aliphatic carbocycles. The first-order chi connectivity index (χ1) is 16.2. The Morgan fingerprint density at radius 1 is 1.29 bits per heavy atom. The lowest BCUT2D eigenvalue weighted by Crippen LogP contribution is -2.33. The van der Waals surface area contributed by atoms with E-state index in [4.69, 9.17) is 21.1 Å². The molecule has 0 radical (unpaired) electrons. The first-order valence-corrected chi connectivity index (χ1v) is 10.7. The molecule has 0 spiro atoms. The molecule has 1 saturated heterocycles. The lowest BCUT2D eigenvalue weighted by molar-refractivity contribution is -0.143. The number of aliphatic carboxylic acids is 1. The van der Waals surface area contributed by atoms with Crippen LogP contribution in [0, 0.1) is 17.8 Å². The highest BCUT2D eigenvalue weighted by molar-refractivity contribution is 5.77. The fraction of sp³-hybridized carbons (Fsp3) is 0.542. The third kappa shape index (κ3) is 15.9. The number of aliphatic hydroxyl groups is 1. The number of carboxylic acids is 1. The van der Waals surface area contributed by atoms with Crippen molar-refractivity contribution in [2.24, 2.45) is 17.1 Å². The van der Waals surface area contributed by atoms with Crippen LogP contribution in [0.4, 0.5) is 0 Å². The van der Waals surface area contributed by atoms with E-state index in [9.17, 15) is 14.7 Å². The van der Waals surface area contributed by atoms with Gasteiger partial charge in [0, 0.05) is 38.2 Å². The zero-order valence-electron chi connectivity index (χ0n) is 20.5. The minimum absolute atomic E-state index is 0.0415. The second kappa shape index (κ2) is 19.6. The third-order valence-corrected chi connectivity index (χ3v) is 4.80. The predicted octanol–water partition coefficient (Wildman–Crippen LogP) is 0.508. The Kier molecular flexibility index (Phi) is 19.3. The predicted molar refractivity (Wildman–Crippen MR) is 131 cm³/mol. The molecule has 10 nitrogen and oxygen atoms in total. The van der Waals surface area contributed by atoms with Crippen molar-refractivity contribution >= 4 is 18.7 Å². The van der Waals surface area contributed by atoms with E-state index in [-0.39, 0.29) is 17.9 Å². The number of hydrazine groups is 1. The molecule has 1 aliphatic heterocycles. The van der Waals surface area contributed by atoms with Gasteiger partial charge in [-0.25, -0.2) is 4.79 Å². The molecule has 1 atom stereocenters. The molecule has 1 aromatic carbocycles. The summed E-state index contributed by atoms with van der Waals surface area (Å²) in [6, 6.07) is 7.97. The van der Waals surface area contributed by atoms with E-state index < -0.39 is 12.1 Å². The molecule has 7 N–H and O–H groups in total. The van der Waals surface area contributed by atoms with Crippen LogP contribution in [0.5, 0.6) is 0 Å². The van der Waals surface area contributed by atoms with Crippen molar-refractivity contribution in [2.75, 3.05) is 33.4 Å². The summed E-state index contributed by atoms with van der Waals surface area (Å²) in [4.78, 5) is 32.0. The van der Waals surface area contributed by atoms with E-state index in [1.54, 1.807) is 4.90 Å². The van der Waals surface area contributed by atoms with Gasteiger partial charge < -0.3 is 30.0 Å². The summed E-state index contributed by atoms with van der Waals surface area (Å²) in [5.74, 6) is 9.63. The van der Waals surface area contributed by atoms with Gasteiger partial charge in [0.05, 0.1) is 6.10 Å². The molecule has 1 fully saturated rings. The van der Waals surface area contributed by atoms with Crippen LogP contribution in [-0.4, -0.2) is 73.2 Å². The monoisotopic (exact) mass is 480 g/mol. The van der Waals surface area contributed by atoms with E-state index in [0.717, 1.165) is 12.1 Å². The van der Waals surface area contributed by atoms with Crippen LogP contribution in [0.25, 0.3) is 0 Å². The standard InChI is InChI=1S/C13H23NO5.C10H11N.CH2O.H4N2/c1-13(2,4-6-19-9-12(17)18)7-11(16)14-5-3-10(15)8-14;1-3-9-4-6-10(7-5-9)8-11-2;2*1-2/h10,15H,3-9H2,1-2H3,(H,17,18);1,4-7,11H,8H2,2H3;1H2;1-2H2. The van der Waals surface area contributed by atoms with Crippen molar-refractivity contribution in [1.82, 2.24) is 10.2 Å². The first-order valence-electron chi connectivity index (χ1n) is 10.7. The molecule has 1 aromatic rings. The Bertz CT molecular complexity index is 734. The number of benzene rings is 1. The van der Waals surface area contributed by atoms with Crippen LogP contribution in [0.15, 0.2) is 24.3 Å². The number of nitrogens with zero attached hydrogens (tertiary/aromatic N) is 1. The van der Waals surface area contributed by atoms with Gasteiger partial charge in [0.25, 0.3) is 0 Å². The number of carboxylic acid groups (broad SMARTS) is 1. The van der Waals surface area contributed by atoms with Crippen LogP contribution >= 0.6 is 0 Å². The second-order valence-electron chi connectivity index (χ2n) is 8.19. The maximum atomic E-state index is 12.0. The molecular weight excluding hydrogens is 440 g/mol. The number of aliphatic hydroxyl groups excluding tert-OH is 1. The molecule has 1 heterocycles. The zero-order valence-corrected chi connectivity index (χ0v) is 20.5. The normalized spacial score (nSPS) is 14.3. The number of β-amino-alcohol motifs (C(OH)–C–C–N with tert-alkyl or cyclic N) is 1. The van der Waals surface area contributed by atoms with Gasteiger partial charge in [0.1, 0.15) is 13.4 Å². The fourth-order valence-electron chi connectivity index (χ4n) is 3.01. The highest BCUT2D eigenvalue weighted by Gasteiger charge is 2.29. The van der Waals surface area contributed by atoms with Gasteiger partial charge in [0.2, 0.25) is 5.91 Å². The van der Waals surface area contributed by atoms with Crippen LogP contribution in [0.2, 0.25) is 0 Å². The number of amides is 1. The summed E-state index contributed by atoms with van der Waals surface area (Å²) in [5, 5.41) is 20.9. The van der Waals surface area contributed by atoms with E-state index >= 15 is 0 Å². The SMILES string of the molecule is C#Cc1ccc(CNC)cc1.C=O.CC(C)(CCOCC(=O)O)CC(=O)N1CCC(O)C1.NN. The smallest absolute Gasteiger partial charge is 0.329 e. The Morgan fingerprint density at radius 2 is 1.88 bits per heavy atom. The number of nitrogens with one attached hydrogen (secondary N) is 1. The molecule has 10 heteroatoms. The molecule has 0 saturated carbocycles. The average Bonchev–Trinajstić information content (AvgIpc) is 3.27. The molecule has 1 amide bonds. The summed E-state index contributed by atoms with van der Waals surface area (Å²) in [7, 11) is 1.93. The number of hydrogen-bond donors (Lipinski definition) is 5. The van der Waals surface area contributed by atoms with Crippen LogP contribution in [-0.2, 0) is 25.7 Å². The summed E-state index contributed by atoms with van der Waals surface area (Å²) in [5.41, 5.74) is 1.96. The van der Waals surface area contributed by atoms with E-state index in [0.29, 0.717) is 39.0 Å². The molecule has 1 aliphatic rings. The first kappa shape index (κ1) is 33.4. The molecule has 1 unspecified atom stereocenters. The quantitative estimate of drug-likeness (QED) is 0.146. The van der Waals surface area contributed by atoms with Gasteiger partial charge in [-0.3, -0.25) is 16.5 Å². The van der Waals surface area contributed by atoms with Crippen LogP contribution < -0.4 is 17.0 Å². The number of likely N-dealkylation sites (tertiary alicyclic amines) is 1. The lowest BCUT2D eigenvalue weighted by Gasteiger charge is -2.26. The van der Waals surface area contributed by atoms with Gasteiger partial charge in [-0.1, -0.05) is 31.9 Å². The van der Waals surface area contributed by atoms with E-state index in [1.165, 1.54) is 5.56 Å². The van der Waals surface area contributed by atoms with E-state index in [2.05, 4.69) is 22.9 Å². The molecule has 192 valence electrons. The number of nitrogens with two attached hydrogens (primary N) is 2. The maximum absolute atomic E-state index is 12.0. The Labute approximate surface area is 202 Å². The third-order valence-electron chi connectivity index (χ3n) is 4.80. The average molecular weight is 481 g/mol. The maximum Gasteiger partial charge on any atom is 0.329 e. The van der Waals surface area contributed by atoms with Gasteiger partial charge in [0.15, 0.2) is 0 Å². The summed E-state index contributed by atoms with van der Waals surface area (Å²) < 4.78 is 4.99. The van der Waals surface area contributed by atoms with Gasteiger partial charge in [-0.15, -0.1) is 6.42 Å². The molecule has 0 aromatic heterocycles. The fourth-order valence-corrected chi connectivity index (χ4v) is 3.01. The molecule has 2 rings (SSSR count). The summed E-state index contributed by atoms with van der Waals surface area (Å²) in [6.45, 7) is 7.88. The second-order valence-corrected chi connectivity index (χ2v) is 8.19. The highest BCUT2D eigenvalue weighted by atomic mass is 16.5. The summed E-state index contributed by atoms with van der Waals surface area (Å²) >= 11 is 0. The number of terminal acetylenes is 1. The number of hydrogen-bond acceptors (Lipinski definition) is 8. The van der Waals surface area contributed by atoms with E-state index in [1.807, 2.05) is 51.9 Å². The topological polar surface area (TPSA) is 168 Å². The summed E-state index contributed by atoms with van der Waals surface area (Å²) in [6.07, 6.45) is 6.47. The Morgan fingerprint density at radius 3 is 2.32 bits per heavy atom. The molecular formula is C24H40N4O6. The number of carbonyl (C=O) groups is 3. The van der Waals surface area contributed by atoms with Crippen molar-refractivity contribution in [3.8, 4) is 12.3 Å². The Hall–Kier alpha value is -2.81. The van der Waals surface area contributed by atoms with Crippen molar-refractivity contribution in [2.45, 2.75) is 45.8 Å². The van der Waals surface area contributed by atoms with Crippen molar-refractivity contribution in [1.29, 1.82) is 0 Å². The van der Waals surface area contributed by atoms with Crippen LogP contribution in [0.1, 0.15) is 44.2 Å². The minimum Gasteiger partial charge on any atom is -0.480 e. The van der Waals surface area contributed by atoms with Crippen molar-refractivity contribution in [3.63, 3.8) is 0 Å². The Balaban J connectivity index is 0. The highest BCUT2D eigenvalue weighted by Crippen LogP contribution is 2.27.